The van der Waals surface area contributed by atoms with Gasteiger partial charge in [-0.3, -0.25) is 0 Å². The van der Waals surface area contributed by atoms with E-state index in [0.717, 1.165) is 19.3 Å². The molecule has 0 spiro atoms. The largest absolute Gasteiger partial charge is 0.480 e. The topological polar surface area (TPSA) is 46.5 Å². The van der Waals surface area contributed by atoms with Gasteiger partial charge < -0.3 is 9.84 Å². The van der Waals surface area contributed by atoms with Gasteiger partial charge in [0.2, 0.25) is 0 Å². The summed E-state index contributed by atoms with van der Waals surface area (Å²) in [7, 11) is 0. The second kappa shape index (κ2) is 4.09. The molecular formula is C10H18O3. The maximum Gasteiger partial charge on any atom is 0.329 e. The van der Waals surface area contributed by atoms with Crippen molar-refractivity contribution in [3.63, 3.8) is 0 Å². The predicted molar refractivity (Wildman–Crippen MR) is 49.6 cm³/mol. The van der Waals surface area contributed by atoms with E-state index in [1.54, 1.807) is 0 Å². The minimum absolute atomic E-state index is 0.152. The fourth-order valence-electron chi connectivity index (χ4n) is 1.96. The molecule has 1 aliphatic rings. The van der Waals surface area contributed by atoms with Crippen LogP contribution in [0.3, 0.4) is 0 Å². The number of hydrogen-bond donors (Lipinski definition) is 1. The molecule has 13 heavy (non-hydrogen) atoms. The molecule has 3 heteroatoms. The van der Waals surface area contributed by atoms with Crippen LogP contribution in [0.25, 0.3) is 0 Å². The maximum absolute atomic E-state index is 10.3. The van der Waals surface area contributed by atoms with Crippen molar-refractivity contribution in [2.75, 3.05) is 6.61 Å². The SMILES string of the molecule is CC1(C)CCCC(OCC(=O)O)C1. The van der Waals surface area contributed by atoms with Gasteiger partial charge in [-0.05, 0) is 24.7 Å². The van der Waals surface area contributed by atoms with Crippen molar-refractivity contribution in [3.8, 4) is 0 Å². The quantitative estimate of drug-likeness (QED) is 0.733. The third-order valence-corrected chi connectivity index (χ3v) is 2.60. The van der Waals surface area contributed by atoms with Gasteiger partial charge in [-0.1, -0.05) is 20.3 Å². The molecule has 3 nitrogen and oxygen atoms in total. The first kappa shape index (κ1) is 10.5. The molecule has 1 N–H and O–H groups in total. The molecule has 1 atom stereocenters. The molecule has 1 rings (SSSR count). The molecule has 76 valence electrons. The Hall–Kier alpha value is -0.570. The summed E-state index contributed by atoms with van der Waals surface area (Å²) in [5, 5.41) is 8.45. The lowest BCUT2D eigenvalue weighted by molar-refractivity contribution is -0.145. The highest BCUT2D eigenvalue weighted by Crippen LogP contribution is 2.36. The molecule has 1 saturated carbocycles. The average molecular weight is 186 g/mol. The first-order chi connectivity index (χ1) is 5.99. The minimum atomic E-state index is -0.872. The van der Waals surface area contributed by atoms with Crippen LogP contribution in [-0.4, -0.2) is 23.8 Å². The summed E-state index contributed by atoms with van der Waals surface area (Å²) in [4.78, 5) is 10.3. The van der Waals surface area contributed by atoms with Crippen molar-refractivity contribution in [2.45, 2.75) is 45.6 Å². The minimum Gasteiger partial charge on any atom is -0.480 e. The first-order valence-electron chi connectivity index (χ1n) is 4.83. The Morgan fingerprint density at radius 1 is 1.62 bits per heavy atom. The molecule has 0 bridgehead atoms. The van der Waals surface area contributed by atoms with E-state index in [0.29, 0.717) is 5.41 Å². The van der Waals surface area contributed by atoms with Crippen LogP contribution < -0.4 is 0 Å². The lowest BCUT2D eigenvalue weighted by atomic mass is 9.76. The molecular weight excluding hydrogens is 168 g/mol. The summed E-state index contributed by atoms with van der Waals surface area (Å²) >= 11 is 0. The molecule has 0 aliphatic heterocycles. The Morgan fingerprint density at radius 3 is 2.85 bits per heavy atom. The molecule has 0 aromatic carbocycles. The molecule has 0 radical (unpaired) electrons. The summed E-state index contributed by atoms with van der Waals surface area (Å²) in [5.41, 5.74) is 0.321. The molecule has 0 aromatic rings. The number of rotatable bonds is 3. The van der Waals surface area contributed by atoms with Crippen LogP contribution in [0.5, 0.6) is 0 Å². The zero-order valence-corrected chi connectivity index (χ0v) is 8.38. The van der Waals surface area contributed by atoms with Crippen LogP contribution in [-0.2, 0) is 9.53 Å². The van der Waals surface area contributed by atoms with E-state index >= 15 is 0 Å². The van der Waals surface area contributed by atoms with E-state index in [1.807, 2.05) is 0 Å². The van der Waals surface area contributed by atoms with Crippen LogP contribution >= 0.6 is 0 Å². The Kier molecular flexibility index (Phi) is 3.31. The predicted octanol–water partition coefficient (Wildman–Crippen LogP) is 2.06. The zero-order valence-electron chi connectivity index (χ0n) is 8.38. The van der Waals surface area contributed by atoms with Crippen molar-refractivity contribution < 1.29 is 14.6 Å². The van der Waals surface area contributed by atoms with Crippen LogP contribution in [0.15, 0.2) is 0 Å². The summed E-state index contributed by atoms with van der Waals surface area (Å²) in [6.45, 7) is 4.27. The van der Waals surface area contributed by atoms with Gasteiger partial charge in [-0.15, -0.1) is 0 Å². The van der Waals surface area contributed by atoms with Gasteiger partial charge in [0.05, 0.1) is 6.10 Å². The Morgan fingerprint density at radius 2 is 2.31 bits per heavy atom. The monoisotopic (exact) mass is 186 g/mol. The van der Waals surface area contributed by atoms with Crippen molar-refractivity contribution >= 4 is 5.97 Å². The van der Waals surface area contributed by atoms with Gasteiger partial charge >= 0.3 is 5.97 Å². The van der Waals surface area contributed by atoms with Crippen LogP contribution in [0.4, 0.5) is 0 Å². The molecule has 1 fully saturated rings. The number of aliphatic carboxylic acids is 1. The molecule has 0 amide bonds. The highest BCUT2D eigenvalue weighted by molar-refractivity contribution is 5.68. The number of hydrogen-bond acceptors (Lipinski definition) is 2. The van der Waals surface area contributed by atoms with E-state index in [1.165, 1.54) is 6.42 Å². The van der Waals surface area contributed by atoms with E-state index in [9.17, 15) is 4.79 Å². The number of carboxylic acid groups (broad SMARTS) is 1. The van der Waals surface area contributed by atoms with Gasteiger partial charge in [0.1, 0.15) is 6.61 Å². The van der Waals surface area contributed by atoms with Crippen molar-refractivity contribution in [1.82, 2.24) is 0 Å². The smallest absolute Gasteiger partial charge is 0.329 e. The lowest BCUT2D eigenvalue weighted by Gasteiger charge is -2.34. The van der Waals surface area contributed by atoms with Crippen LogP contribution in [0.2, 0.25) is 0 Å². The van der Waals surface area contributed by atoms with E-state index in [4.69, 9.17) is 9.84 Å². The summed E-state index contributed by atoms with van der Waals surface area (Å²) in [6, 6.07) is 0. The van der Waals surface area contributed by atoms with E-state index in [2.05, 4.69) is 13.8 Å². The summed E-state index contributed by atoms with van der Waals surface area (Å²) < 4.78 is 5.28. The Balaban J connectivity index is 2.30. The van der Waals surface area contributed by atoms with Gasteiger partial charge in [0, 0.05) is 0 Å². The van der Waals surface area contributed by atoms with Gasteiger partial charge in [0.25, 0.3) is 0 Å². The van der Waals surface area contributed by atoms with Crippen molar-refractivity contribution in [2.24, 2.45) is 5.41 Å². The van der Waals surface area contributed by atoms with Crippen molar-refractivity contribution in [3.05, 3.63) is 0 Å². The van der Waals surface area contributed by atoms with Gasteiger partial charge in [-0.2, -0.15) is 0 Å². The fraction of sp³-hybridized carbons (Fsp3) is 0.900. The number of carbonyl (C=O) groups is 1. The van der Waals surface area contributed by atoms with Crippen molar-refractivity contribution in [1.29, 1.82) is 0 Å². The molecule has 1 unspecified atom stereocenters. The second-order valence-corrected chi connectivity index (χ2v) is 4.59. The lowest BCUT2D eigenvalue weighted by Crippen LogP contribution is -2.29. The second-order valence-electron chi connectivity index (χ2n) is 4.59. The highest BCUT2D eigenvalue weighted by atomic mass is 16.5. The first-order valence-corrected chi connectivity index (χ1v) is 4.83. The average Bonchev–Trinajstić information content (AvgIpc) is 1.99. The Bertz CT molecular complexity index is 187. The highest BCUT2D eigenvalue weighted by Gasteiger charge is 2.28. The molecule has 0 saturated heterocycles. The fourth-order valence-corrected chi connectivity index (χ4v) is 1.96. The molecule has 0 heterocycles. The van der Waals surface area contributed by atoms with Gasteiger partial charge in [-0.25, -0.2) is 4.79 Å². The zero-order chi connectivity index (χ0) is 9.90. The normalized spacial score (nSPS) is 27.1. The molecule has 0 aromatic heterocycles. The standard InChI is InChI=1S/C10H18O3/c1-10(2)5-3-4-8(6-10)13-7-9(11)12/h8H,3-7H2,1-2H3,(H,11,12). The third kappa shape index (κ3) is 3.77. The summed E-state index contributed by atoms with van der Waals surface area (Å²) in [5.74, 6) is -0.872. The Labute approximate surface area is 79.1 Å². The van der Waals surface area contributed by atoms with Crippen LogP contribution in [0.1, 0.15) is 39.5 Å². The van der Waals surface area contributed by atoms with Crippen LogP contribution in [0, 0.1) is 5.41 Å². The van der Waals surface area contributed by atoms with Gasteiger partial charge in [0.15, 0.2) is 0 Å². The summed E-state index contributed by atoms with van der Waals surface area (Å²) in [6.07, 6.45) is 4.52. The third-order valence-electron chi connectivity index (χ3n) is 2.60. The number of carboxylic acids is 1. The van der Waals surface area contributed by atoms with E-state index < -0.39 is 5.97 Å². The van der Waals surface area contributed by atoms with E-state index in [-0.39, 0.29) is 12.7 Å². The number of ether oxygens (including phenoxy) is 1. The maximum atomic E-state index is 10.3. The molecule has 1 aliphatic carbocycles.